The number of unbranched alkanes of at least 4 members (excludes halogenated alkanes) is 2. The highest BCUT2D eigenvalue weighted by molar-refractivity contribution is 7.90. The predicted molar refractivity (Wildman–Crippen MR) is 136 cm³/mol. The van der Waals surface area contributed by atoms with Gasteiger partial charge in [0.1, 0.15) is 17.0 Å². The molecule has 0 aliphatic carbocycles. The number of ether oxygens (including phenoxy) is 2. The number of hydrogen-bond donors (Lipinski definition) is 0. The molecule has 9 heteroatoms. The first kappa shape index (κ1) is 27.2. The van der Waals surface area contributed by atoms with Gasteiger partial charge in [0.2, 0.25) is 0 Å². The van der Waals surface area contributed by atoms with Crippen molar-refractivity contribution in [3.05, 3.63) is 48.0 Å². The molecule has 0 saturated heterocycles. The van der Waals surface area contributed by atoms with Crippen molar-refractivity contribution in [1.82, 2.24) is 4.90 Å². The summed E-state index contributed by atoms with van der Waals surface area (Å²) in [5.41, 5.74) is 0.641. The van der Waals surface area contributed by atoms with Crippen LogP contribution in [0.4, 0.5) is 5.69 Å². The van der Waals surface area contributed by atoms with Gasteiger partial charge in [-0.1, -0.05) is 44.9 Å². The third-order valence-corrected chi connectivity index (χ3v) is 6.25. The molecule has 0 N–H and O–H groups in total. The summed E-state index contributed by atoms with van der Waals surface area (Å²) in [7, 11) is 0.415. The van der Waals surface area contributed by atoms with Crippen molar-refractivity contribution in [2.45, 2.75) is 44.4 Å². The molecule has 0 unspecified atom stereocenters. The zero-order valence-electron chi connectivity index (χ0n) is 20.7. The van der Waals surface area contributed by atoms with Gasteiger partial charge in [0.15, 0.2) is 5.75 Å². The first-order valence-corrected chi connectivity index (χ1v) is 12.9. The van der Waals surface area contributed by atoms with Crippen LogP contribution in [-0.2, 0) is 14.8 Å². The lowest BCUT2D eigenvalue weighted by molar-refractivity contribution is 0.0600. The molecular formula is C25H35N3O5S. The molecule has 0 atom stereocenters. The Bertz CT molecular complexity index is 1060. The number of benzene rings is 2. The van der Waals surface area contributed by atoms with Crippen molar-refractivity contribution < 1.29 is 22.7 Å². The Balaban J connectivity index is 2.83. The summed E-state index contributed by atoms with van der Waals surface area (Å²) < 4.78 is 41.6. The van der Waals surface area contributed by atoms with Gasteiger partial charge in [0.25, 0.3) is 10.0 Å². The Labute approximate surface area is 203 Å². The summed E-state index contributed by atoms with van der Waals surface area (Å²) in [6.07, 6.45) is 4.94. The molecule has 2 aromatic rings. The van der Waals surface area contributed by atoms with Crippen molar-refractivity contribution in [2.75, 3.05) is 39.2 Å². The highest BCUT2D eigenvalue weighted by Crippen LogP contribution is 2.41. The van der Waals surface area contributed by atoms with E-state index in [0.717, 1.165) is 25.7 Å². The quantitative estimate of drug-likeness (QED) is 0.223. The number of sulfonamides is 1. The van der Waals surface area contributed by atoms with E-state index in [2.05, 4.69) is 23.1 Å². The van der Waals surface area contributed by atoms with Gasteiger partial charge in [0, 0.05) is 27.2 Å². The first-order valence-electron chi connectivity index (χ1n) is 11.4. The third kappa shape index (κ3) is 7.48. The van der Waals surface area contributed by atoms with Crippen molar-refractivity contribution in [3.8, 4) is 11.5 Å². The van der Waals surface area contributed by atoms with Crippen molar-refractivity contribution in [2.24, 2.45) is 4.40 Å². The van der Waals surface area contributed by atoms with E-state index in [1.54, 1.807) is 32.3 Å². The number of carbonyl (C=O) groups excluding carboxylic acids is 1. The van der Waals surface area contributed by atoms with E-state index >= 15 is 0 Å². The van der Waals surface area contributed by atoms with Crippen molar-refractivity contribution in [3.63, 3.8) is 0 Å². The van der Waals surface area contributed by atoms with E-state index in [4.69, 9.17) is 9.47 Å². The van der Waals surface area contributed by atoms with Crippen LogP contribution in [0.2, 0.25) is 0 Å². The van der Waals surface area contributed by atoms with Crippen LogP contribution < -0.4 is 9.64 Å². The van der Waals surface area contributed by atoms with Crippen LogP contribution in [0.25, 0.3) is 0 Å². The molecule has 186 valence electrons. The summed E-state index contributed by atoms with van der Waals surface area (Å²) in [5.74, 6) is -0.0120. The van der Waals surface area contributed by atoms with E-state index in [1.165, 1.54) is 24.4 Å². The normalized spacial score (nSPS) is 11.4. The van der Waals surface area contributed by atoms with Crippen LogP contribution in [0, 0.1) is 0 Å². The number of para-hydroxylation sites is 1. The summed E-state index contributed by atoms with van der Waals surface area (Å²) in [5, 5.41) is 0. The first-order chi connectivity index (χ1) is 16.2. The summed E-state index contributed by atoms with van der Waals surface area (Å²) in [4.78, 5) is 15.9. The molecule has 8 nitrogen and oxygen atoms in total. The Kier molecular flexibility index (Phi) is 10.4. The maximum Gasteiger partial charge on any atom is 0.337 e. The molecular weight excluding hydrogens is 454 g/mol. The maximum absolute atomic E-state index is 13.3. The third-order valence-electron chi connectivity index (χ3n) is 5.02. The minimum atomic E-state index is -4.20. The molecule has 0 amide bonds. The number of esters is 1. The second kappa shape index (κ2) is 13.0. The molecule has 2 rings (SSSR count). The molecule has 0 fully saturated rings. The lowest BCUT2D eigenvalue weighted by atomic mass is 10.1. The fourth-order valence-corrected chi connectivity index (χ4v) is 4.31. The zero-order valence-corrected chi connectivity index (χ0v) is 21.5. The second-order valence-electron chi connectivity index (χ2n) is 8.08. The van der Waals surface area contributed by atoms with Gasteiger partial charge in [-0.3, -0.25) is 0 Å². The average Bonchev–Trinajstić information content (AvgIpc) is 2.83. The molecule has 0 saturated carbocycles. The summed E-state index contributed by atoms with van der Waals surface area (Å²) >= 11 is 0. The van der Waals surface area contributed by atoms with Gasteiger partial charge in [-0.25, -0.2) is 4.79 Å². The number of carbonyl (C=O) groups is 1. The molecule has 0 aliphatic heterocycles. The molecule has 0 aliphatic rings. The fraction of sp³-hybridized carbons (Fsp3) is 0.440. The molecule has 0 heterocycles. The minimum absolute atomic E-state index is 0.120. The summed E-state index contributed by atoms with van der Waals surface area (Å²) in [6.45, 7) is 5.56. The monoisotopic (exact) mass is 489 g/mol. The van der Waals surface area contributed by atoms with Crippen LogP contribution in [0.3, 0.4) is 0 Å². The topological polar surface area (TPSA) is 88.5 Å². The SMILES string of the molecule is CCCCN(CCCC)c1cc(C(=O)OC)cc(S(=O)(=O)N=CN(C)C)c1Oc1ccccc1. The Hall–Kier alpha value is -3.07. The minimum Gasteiger partial charge on any atom is -0.465 e. The molecule has 2 aromatic carbocycles. The average molecular weight is 490 g/mol. The van der Waals surface area contributed by atoms with Crippen LogP contribution in [0.15, 0.2) is 51.8 Å². The van der Waals surface area contributed by atoms with Gasteiger partial charge in [-0.05, 0) is 37.1 Å². The van der Waals surface area contributed by atoms with Crippen LogP contribution in [0.5, 0.6) is 11.5 Å². The number of rotatable bonds is 13. The molecule has 34 heavy (non-hydrogen) atoms. The van der Waals surface area contributed by atoms with Gasteiger partial charge in [-0.2, -0.15) is 8.42 Å². The number of nitrogens with zero attached hydrogens (tertiary/aromatic N) is 3. The van der Waals surface area contributed by atoms with Gasteiger partial charge in [0.05, 0.1) is 18.4 Å². The lowest BCUT2D eigenvalue weighted by Gasteiger charge is -2.28. The molecule has 0 spiro atoms. The Morgan fingerprint density at radius 2 is 1.65 bits per heavy atom. The maximum atomic E-state index is 13.3. The Morgan fingerprint density at radius 1 is 1.03 bits per heavy atom. The fourth-order valence-electron chi connectivity index (χ4n) is 3.22. The highest BCUT2D eigenvalue weighted by Gasteiger charge is 2.28. The van der Waals surface area contributed by atoms with Gasteiger partial charge >= 0.3 is 5.97 Å². The largest absolute Gasteiger partial charge is 0.465 e. The Morgan fingerprint density at radius 3 is 2.18 bits per heavy atom. The van der Waals surface area contributed by atoms with Gasteiger partial charge in [-0.15, -0.1) is 4.40 Å². The zero-order chi connectivity index (χ0) is 25.1. The second-order valence-corrected chi connectivity index (χ2v) is 9.68. The standard InChI is InChI=1S/C25H35N3O5S/c1-6-8-15-28(16-9-7-2)22-17-20(25(29)32-5)18-23(34(30,31)26-19-27(3)4)24(22)33-21-13-11-10-12-14-21/h10-14,17-19H,6-9,15-16H2,1-5H3. The lowest BCUT2D eigenvalue weighted by Crippen LogP contribution is -2.27. The van der Waals surface area contributed by atoms with Crippen LogP contribution in [0.1, 0.15) is 49.9 Å². The van der Waals surface area contributed by atoms with Crippen LogP contribution in [-0.4, -0.2) is 59.9 Å². The summed E-state index contributed by atoms with van der Waals surface area (Å²) in [6, 6.07) is 11.9. The predicted octanol–water partition coefficient (Wildman–Crippen LogP) is 4.95. The van der Waals surface area contributed by atoms with Crippen LogP contribution >= 0.6 is 0 Å². The number of hydrogen-bond acceptors (Lipinski definition) is 6. The van der Waals surface area contributed by atoms with E-state index in [-0.39, 0.29) is 16.2 Å². The van der Waals surface area contributed by atoms with Gasteiger partial charge < -0.3 is 19.3 Å². The number of anilines is 1. The number of methoxy groups -OCH3 is 1. The van der Waals surface area contributed by atoms with E-state index in [1.807, 2.05) is 18.2 Å². The molecule has 0 aromatic heterocycles. The highest BCUT2D eigenvalue weighted by atomic mass is 32.2. The van der Waals surface area contributed by atoms with E-state index in [9.17, 15) is 13.2 Å². The van der Waals surface area contributed by atoms with Crippen molar-refractivity contribution in [1.29, 1.82) is 0 Å². The smallest absolute Gasteiger partial charge is 0.337 e. The van der Waals surface area contributed by atoms with E-state index < -0.39 is 16.0 Å². The molecule has 0 bridgehead atoms. The molecule has 0 radical (unpaired) electrons. The van der Waals surface area contributed by atoms with E-state index in [0.29, 0.717) is 24.5 Å². The van der Waals surface area contributed by atoms with Crippen molar-refractivity contribution >= 4 is 28.0 Å².